The van der Waals surface area contributed by atoms with E-state index in [1.54, 1.807) is 24.3 Å². The van der Waals surface area contributed by atoms with Crippen LogP contribution < -0.4 is 0 Å². The van der Waals surface area contributed by atoms with E-state index in [2.05, 4.69) is 4.85 Å². The van der Waals surface area contributed by atoms with Gasteiger partial charge in [0.05, 0.1) is 6.57 Å². The molecule has 0 saturated heterocycles. The second-order valence-electron chi connectivity index (χ2n) is 4.39. The summed E-state index contributed by atoms with van der Waals surface area (Å²) in [5.41, 5.74) is 2.69. The lowest BCUT2D eigenvalue weighted by atomic mass is 9.92. The molecule has 0 aromatic heterocycles. The number of hydrogen-bond donors (Lipinski definition) is 0. The van der Waals surface area contributed by atoms with Gasteiger partial charge in [0.1, 0.15) is 0 Å². The van der Waals surface area contributed by atoms with Gasteiger partial charge in [-0.25, -0.2) is 13.6 Å². The molecule has 1 atom stereocenters. The monoisotopic (exact) mass is 257 g/mol. The number of hydrogen-bond acceptors (Lipinski definition) is 0. The third-order valence-electron chi connectivity index (χ3n) is 3.21. The first kappa shape index (κ1) is 13.2. The van der Waals surface area contributed by atoms with Gasteiger partial charge in [0, 0.05) is 11.5 Å². The molecule has 96 valence electrons. The lowest BCUT2D eigenvalue weighted by Gasteiger charge is -2.13. The van der Waals surface area contributed by atoms with Gasteiger partial charge < -0.3 is 0 Å². The molecule has 0 bridgehead atoms. The molecule has 0 spiro atoms. The Labute approximate surface area is 111 Å². The van der Waals surface area contributed by atoms with Crippen LogP contribution in [0.1, 0.15) is 36.0 Å². The van der Waals surface area contributed by atoms with Crippen LogP contribution in [0.15, 0.2) is 48.5 Å². The van der Waals surface area contributed by atoms with E-state index in [0.717, 1.165) is 11.1 Å². The molecule has 1 unspecified atom stereocenters. The van der Waals surface area contributed by atoms with E-state index in [4.69, 9.17) is 6.57 Å². The van der Waals surface area contributed by atoms with Crippen molar-refractivity contribution < 1.29 is 8.78 Å². The van der Waals surface area contributed by atoms with Gasteiger partial charge in [-0.15, -0.1) is 0 Å². The first-order chi connectivity index (χ1) is 9.11. The molecule has 2 aromatic rings. The van der Waals surface area contributed by atoms with Crippen LogP contribution in [0.25, 0.3) is 4.85 Å². The number of rotatable bonds is 3. The fourth-order valence-electron chi connectivity index (χ4n) is 1.96. The van der Waals surface area contributed by atoms with Crippen molar-refractivity contribution in [2.75, 3.05) is 0 Å². The van der Waals surface area contributed by atoms with Crippen molar-refractivity contribution >= 4 is 5.69 Å². The minimum absolute atomic E-state index is 0.0410. The van der Waals surface area contributed by atoms with Crippen LogP contribution in [0.2, 0.25) is 0 Å². The molecule has 1 nitrogen and oxygen atoms in total. The van der Waals surface area contributed by atoms with E-state index < -0.39 is 6.43 Å². The molecule has 3 heteroatoms. The molecule has 0 amide bonds. The second kappa shape index (κ2) is 5.62. The minimum Gasteiger partial charge on any atom is -0.238 e. The second-order valence-corrected chi connectivity index (χ2v) is 4.39. The zero-order valence-corrected chi connectivity index (χ0v) is 10.5. The number of halogens is 2. The molecule has 0 aliphatic rings. The van der Waals surface area contributed by atoms with E-state index in [-0.39, 0.29) is 11.5 Å². The third-order valence-corrected chi connectivity index (χ3v) is 3.21. The van der Waals surface area contributed by atoms with E-state index >= 15 is 0 Å². The number of nitrogens with zero attached hydrogens (tertiary/aromatic N) is 1. The maximum atomic E-state index is 12.5. The molecule has 0 aliphatic carbocycles. The van der Waals surface area contributed by atoms with Crippen LogP contribution >= 0.6 is 0 Å². The van der Waals surface area contributed by atoms with Gasteiger partial charge in [-0.3, -0.25) is 0 Å². The summed E-state index contributed by atoms with van der Waals surface area (Å²) in [5, 5.41) is 0. The summed E-state index contributed by atoms with van der Waals surface area (Å²) in [4.78, 5) is 3.34. The summed E-state index contributed by atoms with van der Waals surface area (Å²) in [6, 6.07) is 13.7. The summed E-state index contributed by atoms with van der Waals surface area (Å²) in [5.74, 6) is 0.117. The van der Waals surface area contributed by atoms with Crippen LogP contribution in [-0.2, 0) is 0 Å². The largest absolute Gasteiger partial charge is 0.263 e. The molecule has 0 heterocycles. The van der Waals surface area contributed by atoms with E-state index in [9.17, 15) is 8.78 Å². The highest BCUT2D eigenvalue weighted by molar-refractivity contribution is 5.47. The van der Waals surface area contributed by atoms with Gasteiger partial charge in [-0.05, 0) is 11.1 Å². The molecular formula is C16H13F2N. The predicted octanol–water partition coefficient (Wildman–Crippen LogP) is 5.33. The van der Waals surface area contributed by atoms with Crippen molar-refractivity contribution in [3.63, 3.8) is 0 Å². The molecule has 0 fully saturated rings. The summed E-state index contributed by atoms with van der Waals surface area (Å²) in [6.07, 6.45) is -2.43. The van der Waals surface area contributed by atoms with Crippen LogP contribution in [-0.4, -0.2) is 0 Å². The van der Waals surface area contributed by atoms with E-state index in [1.165, 1.54) is 12.1 Å². The van der Waals surface area contributed by atoms with Crippen molar-refractivity contribution in [2.24, 2.45) is 0 Å². The lowest BCUT2D eigenvalue weighted by Crippen LogP contribution is -1.96. The Balaban J connectivity index is 2.23. The summed E-state index contributed by atoms with van der Waals surface area (Å²) in [7, 11) is 0. The highest BCUT2D eigenvalue weighted by Gasteiger charge is 2.11. The van der Waals surface area contributed by atoms with Crippen LogP contribution in [0.3, 0.4) is 0 Å². The maximum Gasteiger partial charge on any atom is 0.263 e. The first-order valence-electron chi connectivity index (χ1n) is 5.97. The quantitative estimate of drug-likeness (QED) is 0.655. The Bertz CT molecular complexity index is 580. The standard InChI is InChI=1S/C16H13F2N/c1-11(13-7-9-15(19-2)10-8-13)12-3-5-14(6-4-12)16(17)18/h3-11,16H,1H3. The smallest absolute Gasteiger partial charge is 0.238 e. The van der Waals surface area contributed by atoms with Crippen molar-refractivity contribution in [1.82, 2.24) is 0 Å². The molecule has 0 N–H and O–H groups in total. The van der Waals surface area contributed by atoms with Crippen molar-refractivity contribution in [3.05, 3.63) is 76.6 Å². The van der Waals surface area contributed by atoms with Gasteiger partial charge in [0.25, 0.3) is 6.43 Å². The number of benzene rings is 2. The summed E-state index contributed by atoms with van der Waals surface area (Å²) >= 11 is 0. The van der Waals surface area contributed by atoms with E-state index in [0.29, 0.717) is 5.69 Å². The Morgan fingerprint density at radius 1 is 0.842 bits per heavy atom. The Morgan fingerprint density at radius 2 is 1.26 bits per heavy atom. The lowest BCUT2D eigenvalue weighted by molar-refractivity contribution is 0.151. The Hall–Kier alpha value is -2.21. The normalized spacial score (nSPS) is 12.2. The van der Waals surface area contributed by atoms with Gasteiger partial charge in [-0.1, -0.05) is 55.5 Å². The predicted molar refractivity (Wildman–Crippen MR) is 71.6 cm³/mol. The molecule has 19 heavy (non-hydrogen) atoms. The fourth-order valence-corrected chi connectivity index (χ4v) is 1.96. The topological polar surface area (TPSA) is 4.36 Å². The fraction of sp³-hybridized carbons (Fsp3) is 0.188. The van der Waals surface area contributed by atoms with Gasteiger partial charge >= 0.3 is 0 Å². The SMILES string of the molecule is [C-]#[N+]c1ccc(C(C)c2ccc(C(F)F)cc2)cc1. The van der Waals surface area contributed by atoms with Crippen molar-refractivity contribution in [2.45, 2.75) is 19.3 Å². The maximum absolute atomic E-state index is 12.5. The third kappa shape index (κ3) is 2.97. The van der Waals surface area contributed by atoms with Crippen molar-refractivity contribution in [3.8, 4) is 0 Å². The molecule has 2 rings (SSSR count). The van der Waals surface area contributed by atoms with Gasteiger partial charge in [0.2, 0.25) is 0 Å². The highest BCUT2D eigenvalue weighted by Crippen LogP contribution is 2.27. The van der Waals surface area contributed by atoms with Crippen molar-refractivity contribution in [1.29, 1.82) is 0 Å². The average Bonchev–Trinajstić information content (AvgIpc) is 2.46. The summed E-state index contributed by atoms with van der Waals surface area (Å²) < 4.78 is 25.0. The Morgan fingerprint density at radius 3 is 1.68 bits per heavy atom. The van der Waals surface area contributed by atoms with Gasteiger partial charge in [-0.2, -0.15) is 0 Å². The first-order valence-corrected chi connectivity index (χ1v) is 5.97. The molecule has 2 aromatic carbocycles. The summed E-state index contributed by atoms with van der Waals surface area (Å²) in [6.45, 7) is 8.92. The molecule has 0 radical (unpaired) electrons. The van der Waals surface area contributed by atoms with Crippen LogP contribution in [0.4, 0.5) is 14.5 Å². The molecule has 0 saturated carbocycles. The number of alkyl halides is 2. The zero-order valence-electron chi connectivity index (χ0n) is 10.5. The average molecular weight is 257 g/mol. The zero-order chi connectivity index (χ0) is 13.8. The minimum atomic E-state index is -2.43. The highest BCUT2D eigenvalue weighted by atomic mass is 19.3. The van der Waals surface area contributed by atoms with Crippen LogP contribution in [0, 0.1) is 6.57 Å². The van der Waals surface area contributed by atoms with Crippen LogP contribution in [0.5, 0.6) is 0 Å². The van der Waals surface area contributed by atoms with E-state index in [1.807, 2.05) is 19.1 Å². The molecular weight excluding hydrogens is 244 g/mol. The Kier molecular flexibility index (Phi) is 3.91. The van der Waals surface area contributed by atoms with Gasteiger partial charge in [0.15, 0.2) is 5.69 Å². The molecule has 0 aliphatic heterocycles.